The molecule has 8 heteroatoms. The molecule has 2 N–H and O–H groups in total. The monoisotopic (exact) mass is 455 g/mol. The van der Waals surface area contributed by atoms with E-state index < -0.39 is 0 Å². The number of nitrogens with two attached hydrogens (primary N) is 1. The Morgan fingerprint density at radius 2 is 2.03 bits per heavy atom. The first-order valence-corrected chi connectivity index (χ1v) is 12.1. The number of anilines is 1. The van der Waals surface area contributed by atoms with Gasteiger partial charge in [0.15, 0.2) is 5.65 Å². The molecule has 0 aliphatic carbocycles. The Labute approximate surface area is 198 Å². The molecular weight excluding hydrogens is 426 g/mol. The number of benzene rings is 1. The minimum Gasteiger partial charge on any atom is -0.355 e. The Hall–Kier alpha value is -3.52. The van der Waals surface area contributed by atoms with Gasteiger partial charge in [0.25, 0.3) is 5.91 Å². The zero-order valence-electron chi connectivity index (χ0n) is 19.4. The number of likely N-dealkylation sites (tertiary alicyclic amines) is 1. The predicted octanol–water partition coefficient (Wildman–Crippen LogP) is 3.49. The molecule has 1 amide bonds. The van der Waals surface area contributed by atoms with Crippen LogP contribution in [0.5, 0.6) is 0 Å². The van der Waals surface area contributed by atoms with E-state index in [-0.39, 0.29) is 18.0 Å². The second-order valence-electron chi connectivity index (χ2n) is 9.54. The molecule has 2 saturated heterocycles. The molecule has 2 unspecified atom stereocenters. The third-order valence-corrected chi connectivity index (χ3v) is 7.10. The molecule has 2 fully saturated rings. The van der Waals surface area contributed by atoms with Crippen molar-refractivity contribution in [2.45, 2.75) is 44.7 Å². The van der Waals surface area contributed by atoms with Crippen LogP contribution >= 0.6 is 0 Å². The average molecular weight is 456 g/mol. The van der Waals surface area contributed by atoms with Gasteiger partial charge in [-0.2, -0.15) is 5.10 Å². The van der Waals surface area contributed by atoms with Crippen molar-refractivity contribution in [1.29, 1.82) is 0 Å². The summed E-state index contributed by atoms with van der Waals surface area (Å²) in [7, 11) is 0. The molecule has 8 nitrogen and oxygen atoms in total. The van der Waals surface area contributed by atoms with Gasteiger partial charge in [-0.05, 0) is 56.9 Å². The average Bonchev–Trinajstić information content (AvgIpc) is 3.48. The van der Waals surface area contributed by atoms with Gasteiger partial charge in [0.05, 0.1) is 17.3 Å². The normalized spacial score (nSPS) is 21.0. The summed E-state index contributed by atoms with van der Waals surface area (Å²) in [5.74, 6) is 1.02. The highest BCUT2D eigenvalue weighted by Gasteiger charge is 2.31. The Morgan fingerprint density at radius 1 is 1.12 bits per heavy atom. The lowest BCUT2D eigenvalue weighted by Gasteiger charge is -2.34. The lowest BCUT2D eigenvalue weighted by atomic mass is 9.98. The summed E-state index contributed by atoms with van der Waals surface area (Å²) in [5, 5.41) is 5.84. The van der Waals surface area contributed by atoms with E-state index in [0.717, 1.165) is 78.9 Å². The topological polar surface area (TPSA) is 92.6 Å². The number of fused-ring (bicyclic) bond motifs is 2. The van der Waals surface area contributed by atoms with E-state index in [1.807, 2.05) is 52.0 Å². The number of pyridine rings is 1. The van der Waals surface area contributed by atoms with Gasteiger partial charge in [0.1, 0.15) is 5.82 Å². The highest BCUT2D eigenvalue weighted by molar-refractivity contribution is 5.98. The SMILES string of the molecule is Cc1cn2nc(C3CCCCN3C(=O)c3ccc4ncccc4c3)cc2nc1N1CCC(N)C1. The van der Waals surface area contributed by atoms with Gasteiger partial charge in [0.2, 0.25) is 0 Å². The summed E-state index contributed by atoms with van der Waals surface area (Å²) in [6.07, 6.45) is 7.77. The Bertz CT molecular complexity index is 1380. The van der Waals surface area contributed by atoms with E-state index in [1.165, 1.54) is 0 Å². The molecule has 174 valence electrons. The van der Waals surface area contributed by atoms with Gasteiger partial charge >= 0.3 is 0 Å². The number of rotatable bonds is 3. The van der Waals surface area contributed by atoms with Crippen molar-refractivity contribution in [3.8, 4) is 0 Å². The number of carbonyl (C=O) groups is 1. The summed E-state index contributed by atoms with van der Waals surface area (Å²) < 4.78 is 1.85. The van der Waals surface area contributed by atoms with Gasteiger partial charge in [-0.1, -0.05) is 6.07 Å². The third kappa shape index (κ3) is 3.68. The molecule has 4 aromatic rings. The highest BCUT2D eigenvalue weighted by atomic mass is 16.2. The number of aryl methyl sites for hydroxylation is 1. The number of nitrogens with zero attached hydrogens (tertiary/aromatic N) is 6. The van der Waals surface area contributed by atoms with Crippen LogP contribution in [0.15, 0.2) is 48.8 Å². The fourth-order valence-electron chi connectivity index (χ4n) is 5.34. The standard InChI is InChI=1S/C26H29N7O/c1-17-15-33-24(29-25(17)31-12-9-20(27)16-31)14-22(30-33)23-6-2-3-11-32(23)26(34)19-7-8-21-18(13-19)5-4-10-28-21/h4-5,7-8,10,13-15,20,23H,2-3,6,9,11-12,16,27H2,1H3. The van der Waals surface area contributed by atoms with E-state index in [9.17, 15) is 4.79 Å². The zero-order chi connectivity index (χ0) is 23.2. The van der Waals surface area contributed by atoms with Crippen molar-refractivity contribution in [3.05, 3.63) is 65.6 Å². The predicted molar refractivity (Wildman–Crippen MR) is 132 cm³/mol. The minimum absolute atomic E-state index is 0.0448. The highest BCUT2D eigenvalue weighted by Crippen LogP contribution is 2.33. The van der Waals surface area contributed by atoms with E-state index in [1.54, 1.807) is 6.20 Å². The van der Waals surface area contributed by atoms with Crippen LogP contribution in [0.25, 0.3) is 16.6 Å². The van der Waals surface area contributed by atoms with Crippen molar-refractivity contribution in [3.63, 3.8) is 0 Å². The van der Waals surface area contributed by atoms with E-state index >= 15 is 0 Å². The molecule has 0 bridgehead atoms. The van der Waals surface area contributed by atoms with Crippen LogP contribution in [0.4, 0.5) is 5.82 Å². The Kier molecular flexibility index (Phi) is 5.17. The van der Waals surface area contributed by atoms with Crippen LogP contribution in [0, 0.1) is 6.92 Å². The van der Waals surface area contributed by atoms with E-state index in [4.69, 9.17) is 15.8 Å². The minimum atomic E-state index is -0.0588. The zero-order valence-corrected chi connectivity index (χ0v) is 19.4. The molecule has 1 aromatic carbocycles. The second kappa shape index (κ2) is 8.36. The largest absolute Gasteiger partial charge is 0.355 e. The van der Waals surface area contributed by atoms with Gasteiger partial charge in [-0.25, -0.2) is 9.50 Å². The van der Waals surface area contributed by atoms with Crippen molar-refractivity contribution in [1.82, 2.24) is 24.5 Å². The van der Waals surface area contributed by atoms with Gasteiger partial charge in [-0.3, -0.25) is 9.78 Å². The molecule has 0 saturated carbocycles. The smallest absolute Gasteiger partial charge is 0.254 e. The summed E-state index contributed by atoms with van der Waals surface area (Å²) in [4.78, 5) is 27.1. The Morgan fingerprint density at radius 3 is 2.88 bits per heavy atom. The summed E-state index contributed by atoms with van der Waals surface area (Å²) in [6.45, 7) is 4.55. The quantitative estimate of drug-likeness (QED) is 0.508. The van der Waals surface area contributed by atoms with Gasteiger partial charge in [-0.15, -0.1) is 0 Å². The maximum absolute atomic E-state index is 13.6. The van der Waals surface area contributed by atoms with Crippen molar-refractivity contribution < 1.29 is 4.79 Å². The fraction of sp³-hybridized carbons (Fsp3) is 0.385. The first-order valence-electron chi connectivity index (χ1n) is 12.1. The lowest BCUT2D eigenvalue weighted by molar-refractivity contribution is 0.0606. The first-order chi connectivity index (χ1) is 16.6. The van der Waals surface area contributed by atoms with Crippen molar-refractivity contribution in [2.75, 3.05) is 24.5 Å². The third-order valence-electron chi connectivity index (χ3n) is 7.10. The Balaban J connectivity index is 1.33. The lowest BCUT2D eigenvalue weighted by Crippen LogP contribution is -2.38. The van der Waals surface area contributed by atoms with E-state index in [0.29, 0.717) is 5.56 Å². The summed E-state index contributed by atoms with van der Waals surface area (Å²) >= 11 is 0. The van der Waals surface area contributed by atoms with Gasteiger partial charge < -0.3 is 15.5 Å². The number of aromatic nitrogens is 4. The van der Waals surface area contributed by atoms with Gasteiger partial charge in [0, 0.05) is 60.6 Å². The number of amides is 1. The number of carbonyl (C=O) groups excluding carboxylic acids is 1. The molecule has 2 aliphatic heterocycles. The van der Waals surface area contributed by atoms with Crippen LogP contribution < -0.4 is 10.6 Å². The molecular formula is C26H29N7O. The summed E-state index contributed by atoms with van der Waals surface area (Å²) in [6, 6.07) is 11.8. The van der Waals surface area contributed by atoms with Crippen LogP contribution in [-0.4, -0.2) is 56.1 Å². The maximum atomic E-state index is 13.6. The number of hydrogen-bond acceptors (Lipinski definition) is 6. The molecule has 2 aliphatic rings. The van der Waals surface area contributed by atoms with Crippen LogP contribution in [0.1, 0.15) is 53.3 Å². The van der Waals surface area contributed by atoms with Crippen molar-refractivity contribution >= 4 is 28.3 Å². The molecule has 2 atom stereocenters. The second-order valence-corrected chi connectivity index (χ2v) is 9.54. The van der Waals surface area contributed by atoms with Crippen LogP contribution in [-0.2, 0) is 0 Å². The molecule has 34 heavy (non-hydrogen) atoms. The number of hydrogen-bond donors (Lipinski definition) is 1. The molecule has 6 rings (SSSR count). The molecule has 3 aromatic heterocycles. The first kappa shape index (κ1) is 21.0. The summed E-state index contributed by atoms with van der Waals surface area (Å²) in [5.41, 5.74) is 10.5. The maximum Gasteiger partial charge on any atom is 0.254 e. The molecule has 0 radical (unpaired) electrons. The van der Waals surface area contributed by atoms with Crippen molar-refractivity contribution in [2.24, 2.45) is 5.73 Å². The molecule has 0 spiro atoms. The number of piperidine rings is 1. The fourth-order valence-corrected chi connectivity index (χ4v) is 5.34. The molecule has 5 heterocycles. The van der Waals surface area contributed by atoms with E-state index in [2.05, 4.69) is 16.8 Å². The van der Waals surface area contributed by atoms with Crippen LogP contribution in [0.3, 0.4) is 0 Å². The van der Waals surface area contributed by atoms with Crippen LogP contribution in [0.2, 0.25) is 0 Å².